The summed E-state index contributed by atoms with van der Waals surface area (Å²) < 4.78 is 5.26. The third-order valence-corrected chi connectivity index (χ3v) is 7.37. The molecule has 3 heterocycles. The second-order valence-corrected chi connectivity index (χ2v) is 9.88. The fourth-order valence-electron chi connectivity index (χ4n) is 3.74. The zero-order valence-electron chi connectivity index (χ0n) is 17.0. The first-order valence-corrected chi connectivity index (χ1v) is 11.7. The Kier molecular flexibility index (Phi) is 5.18. The van der Waals surface area contributed by atoms with Crippen molar-refractivity contribution in [3.63, 3.8) is 0 Å². The van der Waals surface area contributed by atoms with Crippen molar-refractivity contribution in [2.24, 2.45) is 0 Å². The average molecular weight is 438 g/mol. The van der Waals surface area contributed by atoms with E-state index >= 15 is 0 Å². The van der Waals surface area contributed by atoms with Gasteiger partial charge >= 0.3 is 0 Å². The van der Waals surface area contributed by atoms with Crippen molar-refractivity contribution in [2.45, 2.75) is 38.9 Å². The number of aromatic nitrogens is 2. The number of rotatable bonds is 7. The van der Waals surface area contributed by atoms with Crippen LogP contribution in [0.1, 0.15) is 29.1 Å². The highest BCUT2D eigenvalue weighted by Gasteiger charge is 2.29. The molecule has 7 heteroatoms. The van der Waals surface area contributed by atoms with Crippen LogP contribution in [0.25, 0.3) is 20.7 Å². The van der Waals surface area contributed by atoms with Crippen molar-refractivity contribution in [1.82, 2.24) is 14.9 Å². The molecule has 1 saturated carbocycles. The standard InChI is InChI=1S/C23H23N3O2S2/c1-14-3-10-19(30-14)18-13-29-23-21(18)22(27)24-20(25-23)12-26(16-6-7-16)11-15-4-8-17(28-2)9-5-15/h3-5,8-10,13,16H,6-7,11-12H2,1-2H3,(H,24,25,27). The Morgan fingerprint density at radius 1 is 1.17 bits per heavy atom. The summed E-state index contributed by atoms with van der Waals surface area (Å²) in [5.41, 5.74) is 2.18. The quantitative estimate of drug-likeness (QED) is 0.432. The molecule has 0 saturated heterocycles. The third kappa shape index (κ3) is 3.93. The second kappa shape index (κ2) is 7.98. The highest BCUT2D eigenvalue weighted by molar-refractivity contribution is 7.19. The lowest BCUT2D eigenvalue weighted by atomic mass is 10.2. The van der Waals surface area contributed by atoms with Crippen LogP contribution in [0, 0.1) is 6.92 Å². The molecule has 1 aromatic carbocycles. The van der Waals surface area contributed by atoms with Gasteiger partial charge in [0, 0.05) is 33.3 Å². The summed E-state index contributed by atoms with van der Waals surface area (Å²) in [6.07, 6.45) is 2.40. The Hall–Kier alpha value is -2.48. The molecule has 5 nitrogen and oxygen atoms in total. The van der Waals surface area contributed by atoms with Crippen molar-refractivity contribution in [3.05, 3.63) is 68.4 Å². The van der Waals surface area contributed by atoms with Crippen LogP contribution in [-0.4, -0.2) is 28.0 Å². The molecule has 30 heavy (non-hydrogen) atoms. The lowest BCUT2D eigenvalue weighted by molar-refractivity contribution is 0.239. The van der Waals surface area contributed by atoms with E-state index in [0.717, 1.165) is 33.4 Å². The monoisotopic (exact) mass is 437 g/mol. The Balaban J connectivity index is 1.41. The van der Waals surface area contributed by atoms with Gasteiger partial charge in [0.15, 0.2) is 0 Å². The van der Waals surface area contributed by atoms with Crippen LogP contribution in [0.5, 0.6) is 5.75 Å². The van der Waals surface area contributed by atoms with E-state index in [1.807, 2.05) is 12.1 Å². The maximum Gasteiger partial charge on any atom is 0.260 e. The summed E-state index contributed by atoms with van der Waals surface area (Å²) in [5.74, 6) is 1.60. The molecule has 3 aromatic heterocycles. The molecule has 1 aliphatic rings. The SMILES string of the molecule is COc1ccc(CN(Cc2nc3scc(-c4ccc(C)s4)c3c(=O)[nH]2)C2CC2)cc1. The second-order valence-electron chi connectivity index (χ2n) is 7.74. The van der Waals surface area contributed by atoms with E-state index < -0.39 is 0 Å². The molecule has 1 aliphatic carbocycles. The van der Waals surface area contributed by atoms with E-state index in [-0.39, 0.29) is 5.56 Å². The van der Waals surface area contributed by atoms with Crippen LogP contribution in [0.4, 0.5) is 0 Å². The summed E-state index contributed by atoms with van der Waals surface area (Å²) >= 11 is 3.26. The first-order chi connectivity index (χ1) is 14.6. The number of hydrogen-bond acceptors (Lipinski definition) is 6. The first-order valence-electron chi connectivity index (χ1n) is 10.0. The number of aryl methyl sites for hydroxylation is 1. The van der Waals surface area contributed by atoms with Gasteiger partial charge < -0.3 is 9.72 Å². The molecule has 0 amide bonds. The Morgan fingerprint density at radius 2 is 1.97 bits per heavy atom. The maximum absolute atomic E-state index is 12.9. The van der Waals surface area contributed by atoms with Crippen molar-refractivity contribution >= 4 is 32.9 Å². The minimum Gasteiger partial charge on any atom is -0.497 e. The molecule has 0 atom stereocenters. The number of H-pyrrole nitrogens is 1. The van der Waals surface area contributed by atoms with E-state index in [1.54, 1.807) is 29.8 Å². The molecule has 1 fully saturated rings. The fourth-order valence-corrected chi connectivity index (χ4v) is 5.66. The highest BCUT2D eigenvalue weighted by atomic mass is 32.1. The van der Waals surface area contributed by atoms with Gasteiger partial charge in [0.1, 0.15) is 16.4 Å². The largest absolute Gasteiger partial charge is 0.497 e. The van der Waals surface area contributed by atoms with Crippen molar-refractivity contribution in [2.75, 3.05) is 7.11 Å². The lowest BCUT2D eigenvalue weighted by Crippen LogP contribution is -2.27. The lowest BCUT2D eigenvalue weighted by Gasteiger charge is -2.21. The molecule has 1 N–H and O–H groups in total. The zero-order valence-corrected chi connectivity index (χ0v) is 18.6. The van der Waals surface area contributed by atoms with Crippen LogP contribution in [0.15, 0.2) is 46.6 Å². The Labute approximate surface area is 183 Å². The van der Waals surface area contributed by atoms with Crippen molar-refractivity contribution < 1.29 is 4.74 Å². The summed E-state index contributed by atoms with van der Waals surface area (Å²) in [6.45, 7) is 3.56. The summed E-state index contributed by atoms with van der Waals surface area (Å²) in [4.78, 5) is 26.4. The van der Waals surface area contributed by atoms with Gasteiger partial charge in [-0.2, -0.15) is 0 Å². The number of ether oxygens (including phenoxy) is 1. The molecule has 0 aliphatic heterocycles. The first kappa shape index (κ1) is 19.5. The molecule has 5 rings (SSSR count). The summed E-state index contributed by atoms with van der Waals surface area (Å²) in [7, 11) is 1.68. The van der Waals surface area contributed by atoms with E-state index in [9.17, 15) is 4.79 Å². The number of nitrogens with zero attached hydrogens (tertiary/aromatic N) is 2. The van der Waals surface area contributed by atoms with Crippen LogP contribution in [0.2, 0.25) is 0 Å². The van der Waals surface area contributed by atoms with Gasteiger partial charge in [-0.25, -0.2) is 4.98 Å². The van der Waals surface area contributed by atoms with Gasteiger partial charge in [-0.15, -0.1) is 22.7 Å². The molecule has 0 radical (unpaired) electrons. The number of hydrogen-bond donors (Lipinski definition) is 1. The topological polar surface area (TPSA) is 58.2 Å². The van der Waals surface area contributed by atoms with Gasteiger partial charge in [0.2, 0.25) is 0 Å². The van der Waals surface area contributed by atoms with Crippen LogP contribution < -0.4 is 10.3 Å². The smallest absolute Gasteiger partial charge is 0.260 e. The number of nitrogens with one attached hydrogen (secondary N) is 1. The highest BCUT2D eigenvalue weighted by Crippen LogP contribution is 2.35. The predicted octanol–water partition coefficient (Wildman–Crippen LogP) is 5.19. The molecule has 154 valence electrons. The molecule has 0 unspecified atom stereocenters. The van der Waals surface area contributed by atoms with Crippen molar-refractivity contribution in [3.8, 4) is 16.2 Å². The van der Waals surface area contributed by atoms with E-state index in [0.29, 0.717) is 18.0 Å². The van der Waals surface area contributed by atoms with E-state index in [1.165, 1.54) is 23.3 Å². The summed E-state index contributed by atoms with van der Waals surface area (Å²) in [5, 5.41) is 2.76. The van der Waals surface area contributed by atoms with Gasteiger partial charge in [-0.3, -0.25) is 9.69 Å². The predicted molar refractivity (Wildman–Crippen MR) is 124 cm³/mol. The van der Waals surface area contributed by atoms with Gasteiger partial charge in [0.05, 0.1) is 19.0 Å². The molecular formula is C23H23N3O2S2. The normalized spacial score (nSPS) is 14.0. The Bertz CT molecular complexity index is 1240. The van der Waals surface area contributed by atoms with E-state index in [4.69, 9.17) is 9.72 Å². The molecule has 0 bridgehead atoms. The number of benzene rings is 1. The maximum atomic E-state index is 12.9. The summed E-state index contributed by atoms with van der Waals surface area (Å²) in [6, 6.07) is 12.9. The zero-order chi connectivity index (χ0) is 20.7. The van der Waals surface area contributed by atoms with Crippen molar-refractivity contribution in [1.29, 1.82) is 0 Å². The fraction of sp³-hybridized carbons (Fsp3) is 0.304. The number of methoxy groups -OCH3 is 1. The molecule has 0 spiro atoms. The minimum absolute atomic E-state index is 0.0440. The van der Waals surface area contributed by atoms with Gasteiger partial charge in [-0.05, 0) is 49.6 Å². The van der Waals surface area contributed by atoms with E-state index in [2.05, 4.69) is 46.5 Å². The minimum atomic E-state index is -0.0440. The molecular weight excluding hydrogens is 414 g/mol. The number of thiophene rings is 2. The number of fused-ring (bicyclic) bond motifs is 1. The molecule has 4 aromatic rings. The van der Waals surface area contributed by atoms with Crippen LogP contribution >= 0.6 is 22.7 Å². The van der Waals surface area contributed by atoms with Gasteiger partial charge in [0.25, 0.3) is 5.56 Å². The average Bonchev–Trinajstić information content (AvgIpc) is 3.36. The van der Waals surface area contributed by atoms with Crippen LogP contribution in [-0.2, 0) is 13.1 Å². The van der Waals surface area contributed by atoms with Crippen LogP contribution in [0.3, 0.4) is 0 Å². The third-order valence-electron chi connectivity index (χ3n) is 5.46. The number of aromatic amines is 1. The van der Waals surface area contributed by atoms with Gasteiger partial charge in [-0.1, -0.05) is 12.1 Å². The Morgan fingerprint density at radius 3 is 2.63 bits per heavy atom.